The fraction of sp³-hybridized carbons (Fsp3) is 1.00. The van der Waals surface area contributed by atoms with Crippen LogP contribution in [-0.2, 0) is 0 Å². The van der Waals surface area contributed by atoms with Gasteiger partial charge < -0.3 is 10.2 Å². The third-order valence-electron chi connectivity index (χ3n) is 4.80. The molecule has 2 aliphatic rings. The summed E-state index contributed by atoms with van der Waals surface area (Å²) in [6.07, 6.45) is 11.3. The minimum Gasteiger partial charge on any atom is -0.310 e. The Labute approximate surface area is 114 Å². The Kier molecular flexibility index (Phi) is 5.97. The Balaban J connectivity index is 1.78. The molecule has 2 fully saturated rings. The Bertz CT molecular complexity index is 223. The number of fused-ring (bicyclic) bond motifs is 1. The Morgan fingerprint density at radius 3 is 2.39 bits per heavy atom. The van der Waals surface area contributed by atoms with Gasteiger partial charge in [0, 0.05) is 18.6 Å². The van der Waals surface area contributed by atoms with Crippen LogP contribution in [-0.4, -0.2) is 36.6 Å². The maximum atomic E-state index is 3.96. The van der Waals surface area contributed by atoms with Gasteiger partial charge in [0.1, 0.15) is 0 Å². The van der Waals surface area contributed by atoms with Crippen molar-refractivity contribution >= 4 is 0 Å². The second-order valence-corrected chi connectivity index (χ2v) is 6.39. The van der Waals surface area contributed by atoms with Gasteiger partial charge in [-0.05, 0) is 57.5 Å². The van der Waals surface area contributed by atoms with E-state index in [2.05, 4.69) is 24.1 Å². The maximum Gasteiger partial charge on any atom is 0.0197 e. The standard InChI is InChI=1S/C16H32N2/c1-3-11-18(12-4-2)13-15-10-9-14-7-5-6-8-16(14)17-15/h14-17H,3-13H2,1-2H3. The van der Waals surface area contributed by atoms with Gasteiger partial charge in [-0.25, -0.2) is 0 Å². The van der Waals surface area contributed by atoms with Crippen molar-refractivity contribution in [1.82, 2.24) is 10.2 Å². The minimum absolute atomic E-state index is 0.766. The lowest BCUT2D eigenvalue weighted by Crippen LogP contribution is -2.53. The molecule has 18 heavy (non-hydrogen) atoms. The molecule has 1 heterocycles. The molecule has 2 heteroatoms. The Morgan fingerprint density at radius 2 is 1.67 bits per heavy atom. The molecular formula is C16H32N2. The summed E-state index contributed by atoms with van der Waals surface area (Å²) in [5, 5.41) is 3.96. The molecule has 2 nitrogen and oxygen atoms in total. The molecule has 0 aromatic rings. The van der Waals surface area contributed by atoms with Crippen molar-refractivity contribution in [2.24, 2.45) is 5.92 Å². The molecule has 0 radical (unpaired) electrons. The van der Waals surface area contributed by atoms with Gasteiger partial charge in [-0.3, -0.25) is 0 Å². The average molecular weight is 252 g/mol. The normalized spacial score (nSPS) is 32.5. The van der Waals surface area contributed by atoms with Crippen LogP contribution >= 0.6 is 0 Å². The monoisotopic (exact) mass is 252 g/mol. The van der Waals surface area contributed by atoms with Gasteiger partial charge in [-0.2, -0.15) is 0 Å². The first-order chi connectivity index (χ1) is 8.83. The Hall–Kier alpha value is -0.0800. The van der Waals surface area contributed by atoms with Crippen LogP contribution < -0.4 is 5.32 Å². The quantitative estimate of drug-likeness (QED) is 0.779. The minimum atomic E-state index is 0.766. The van der Waals surface area contributed by atoms with Crippen LogP contribution in [0.25, 0.3) is 0 Å². The summed E-state index contributed by atoms with van der Waals surface area (Å²) >= 11 is 0. The number of hydrogen-bond acceptors (Lipinski definition) is 2. The van der Waals surface area contributed by atoms with Crippen molar-refractivity contribution < 1.29 is 0 Å². The summed E-state index contributed by atoms with van der Waals surface area (Å²) in [5.41, 5.74) is 0. The third-order valence-corrected chi connectivity index (χ3v) is 4.80. The van der Waals surface area contributed by atoms with Gasteiger partial charge in [0.15, 0.2) is 0 Å². The van der Waals surface area contributed by atoms with E-state index in [0.29, 0.717) is 0 Å². The van der Waals surface area contributed by atoms with Crippen LogP contribution in [0.3, 0.4) is 0 Å². The molecule has 0 aromatic heterocycles. The summed E-state index contributed by atoms with van der Waals surface area (Å²) in [6, 6.07) is 1.62. The lowest BCUT2D eigenvalue weighted by Gasteiger charge is -2.42. The van der Waals surface area contributed by atoms with E-state index in [9.17, 15) is 0 Å². The Morgan fingerprint density at radius 1 is 0.944 bits per heavy atom. The summed E-state index contributed by atoms with van der Waals surface area (Å²) in [5.74, 6) is 1.00. The molecule has 3 unspecified atom stereocenters. The summed E-state index contributed by atoms with van der Waals surface area (Å²) < 4.78 is 0. The van der Waals surface area contributed by atoms with Gasteiger partial charge >= 0.3 is 0 Å². The fourth-order valence-corrected chi connectivity index (χ4v) is 3.96. The molecule has 1 aliphatic heterocycles. The van der Waals surface area contributed by atoms with E-state index < -0.39 is 0 Å². The molecule has 2 rings (SSSR count). The molecule has 0 bridgehead atoms. The van der Waals surface area contributed by atoms with Crippen molar-refractivity contribution in [1.29, 1.82) is 0 Å². The highest BCUT2D eigenvalue weighted by Gasteiger charge is 2.31. The largest absolute Gasteiger partial charge is 0.310 e. The van der Waals surface area contributed by atoms with Gasteiger partial charge in [-0.15, -0.1) is 0 Å². The molecule has 3 atom stereocenters. The molecule has 0 amide bonds. The molecule has 0 aromatic carbocycles. The van der Waals surface area contributed by atoms with Gasteiger partial charge in [0.05, 0.1) is 0 Å². The number of hydrogen-bond donors (Lipinski definition) is 1. The third kappa shape index (κ3) is 3.96. The lowest BCUT2D eigenvalue weighted by molar-refractivity contribution is 0.143. The zero-order valence-corrected chi connectivity index (χ0v) is 12.5. The average Bonchev–Trinajstić information content (AvgIpc) is 2.39. The second-order valence-electron chi connectivity index (χ2n) is 6.39. The van der Waals surface area contributed by atoms with Crippen molar-refractivity contribution in [3.8, 4) is 0 Å². The van der Waals surface area contributed by atoms with Crippen molar-refractivity contribution in [3.05, 3.63) is 0 Å². The van der Waals surface area contributed by atoms with Crippen molar-refractivity contribution in [2.75, 3.05) is 19.6 Å². The molecule has 1 aliphatic carbocycles. The van der Waals surface area contributed by atoms with Crippen LogP contribution in [0.15, 0.2) is 0 Å². The summed E-state index contributed by atoms with van der Waals surface area (Å²) in [4.78, 5) is 2.67. The van der Waals surface area contributed by atoms with Crippen LogP contribution in [0, 0.1) is 5.92 Å². The smallest absolute Gasteiger partial charge is 0.0197 e. The lowest BCUT2D eigenvalue weighted by atomic mass is 9.77. The second kappa shape index (κ2) is 7.49. The van der Waals surface area contributed by atoms with E-state index in [1.54, 1.807) is 0 Å². The fourth-order valence-electron chi connectivity index (χ4n) is 3.96. The van der Waals surface area contributed by atoms with E-state index in [0.717, 1.165) is 18.0 Å². The molecular weight excluding hydrogens is 220 g/mol. The SMILES string of the molecule is CCCN(CCC)CC1CCC2CCCCC2N1. The zero-order valence-electron chi connectivity index (χ0n) is 12.5. The number of nitrogens with zero attached hydrogens (tertiary/aromatic N) is 1. The van der Waals surface area contributed by atoms with Crippen LogP contribution in [0.5, 0.6) is 0 Å². The predicted molar refractivity (Wildman–Crippen MR) is 78.9 cm³/mol. The van der Waals surface area contributed by atoms with Crippen LogP contribution in [0.2, 0.25) is 0 Å². The molecule has 106 valence electrons. The van der Waals surface area contributed by atoms with Crippen LogP contribution in [0.1, 0.15) is 65.2 Å². The zero-order chi connectivity index (χ0) is 12.8. The van der Waals surface area contributed by atoms with E-state index in [1.807, 2.05) is 0 Å². The highest BCUT2D eigenvalue weighted by atomic mass is 15.2. The van der Waals surface area contributed by atoms with Crippen molar-refractivity contribution in [2.45, 2.75) is 77.3 Å². The van der Waals surface area contributed by atoms with Gasteiger partial charge in [0.2, 0.25) is 0 Å². The van der Waals surface area contributed by atoms with Gasteiger partial charge in [-0.1, -0.05) is 26.7 Å². The van der Waals surface area contributed by atoms with Gasteiger partial charge in [0.25, 0.3) is 0 Å². The first-order valence-corrected chi connectivity index (χ1v) is 8.31. The predicted octanol–water partition coefficient (Wildman–Crippen LogP) is 3.42. The van der Waals surface area contributed by atoms with E-state index >= 15 is 0 Å². The molecule has 1 saturated carbocycles. The first-order valence-electron chi connectivity index (χ1n) is 8.31. The van der Waals surface area contributed by atoms with E-state index in [-0.39, 0.29) is 0 Å². The van der Waals surface area contributed by atoms with Crippen LogP contribution in [0.4, 0.5) is 0 Å². The topological polar surface area (TPSA) is 15.3 Å². The first kappa shape index (κ1) is 14.3. The molecule has 1 N–H and O–H groups in total. The highest BCUT2D eigenvalue weighted by molar-refractivity contribution is 4.90. The van der Waals surface area contributed by atoms with E-state index in [4.69, 9.17) is 0 Å². The number of rotatable bonds is 6. The number of piperidine rings is 1. The molecule has 1 saturated heterocycles. The molecule has 0 spiro atoms. The summed E-state index contributed by atoms with van der Waals surface area (Å²) in [7, 11) is 0. The number of nitrogens with one attached hydrogen (secondary N) is 1. The maximum absolute atomic E-state index is 3.96. The van der Waals surface area contributed by atoms with E-state index in [1.165, 1.54) is 71.0 Å². The summed E-state index contributed by atoms with van der Waals surface area (Å²) in [6.45, 7) is 8.44. The van der Waals surface area contributed by atoms with Crippen molar-refractivity contribution in [3.63, 3.8) is 0 Å². The highest BCUT2D eigenvalue weighted by Crippen LogP contribution is 2.32.